The third kappa shape index (κ3) is 4.62. The SMILES string of the molecule is CC(C)(C)c1ccc(N2B3c4cc(C(C)(C)C)ccc4-n4c5ccc6c(c5c5ccc(c3c54)-c3cc4c(cc32)C(C)(C)CCC4(C)C)-c2ccccc2C6(C)C)cc1. The fourth-order valence-corrected chi connectivity index (χ4v) is 11.6. The van der Waals surface area contributed by atoms with Crippen molar-refractivity contribution in [3.05, 3.63) is 137 Å². The molecule has 0 fully saturated rings. The zero-order valence-electron chi connectivity index (χ0n) is 36.7. The quantitative estimate of drug-likeness (QED) is 0.151. The van der Waals surface area contributed by atoms with Crippen LogP contribution in [0.1, 0.15) is 129 Å². The number of rotatable bonds is 1. The fourth-order valence-electron chi connectivity index (χ4n) is 11.6. The van der Waals surface area contributed by atoms with Gasteiger partial charge in [-0.3, -0.25) is 0 Å². The first-order chi connectivity index (χ1) is 27.3. The summed E-state index contributed by atoms with van der Waals surface area (Å²) in [6, 6.07) is 41.3. The van der Waals surface area contributed by atoms with Crippen LogP contribution in [0, 0.1) is 0 Å². The third-order valence-corrected chi connectivity index (χ3v) is 15.2. The normalized spacial score (nSPS) is 17.9. The van der Waals surface area contributed by atoms with E-state index in [1.807, 2.05) is 0 Å². The molecule has 0 saturated heterocycles. The van der Waals surface area contributed by atoms with Crippen LogP contribution in [0.4, 0.5) is 11.4 Å². The first kappa shape index (κ1) is 36.1. The molecule has 3 heteroatoms. The fraction of sp³-hybridized carbons (Fsp3) is 0.345. The first-order valence-corrected chi connectivity index (χ1v) is 21.8. The monoisotopic (exact) mass is 756 g/mol. The number of hydrogen-bond donors (Lipinski definition) is 0. The second-order valence-corrected chi connectivity index (χ2v) is 22.1. The van der Waals surface area contributed by atoms with Crippen molar-refractivity contribution in [2.45, 2.75) is 123 Å². The smallest absolute Gasteiger partial charge is 0.333 e. The maximum Gasteiger partial charge on any atom is 0.333 e. The zero-order chi connectivity index (χ0) is 40.6. The van der Waals surface area contributed by atoms with Gasteiger partial charge in [0.05, 0.1) is 11.0 Å². The van der Waals surface area contributed by atoms with E-state index in [9.17, 15) is 0 Å². The van der Waals surface area contributed by atoms with Crippen LogP contribution < -0.4 is 15.7 Å². The van der Waals surface area contributed by atoms with Crippen molar-refractivity contribution in [3.8, 4) is 27.9 Å². The number of fused-ring (bicyclic) bond motifs is 13. The molecule has 7 aromatic rings. The molecule has 0 atom stereocenters. The second kappa shape index (κ2) is 11.2. The Bertz CT molecular complexity index is 2940. The highest BCUT2D eigenvalue weighted by atomic mass is 15.1. The largest absolute Gasteiger partial charge is 0.376 e. The topological polar surface area (TPSA) is 8.17 Å². The minimum Gasteiger partial charge on any atom is -0.376 e. The summed E-state index contributed by atoms with van der Waals surface area (Å²) in [6.45, 7) is 28.7. The number of aromatic nitrogens is 1. The Balaban J connectivity index is 1.32. The standard InChI is InChI=1S/C55H57BN2/c1-51(2,3)32-17-20-34(21-18-32)58-46-31-42-41(53(7,8)27-28-54(42,9)10)30-38(46)35-22-23-37-48-45(26-24-40-47(48)36-15-13-14-16-39(36)55(40,11)12)57-44-25-19-33(52(4,5)6)29-43(44)56(58)49(35)50(37)57/h13-26,29-31H,27-28H2,1-12H3. The molecule has 0 spiro atoms. The predicted octanol–water partition coefficient (Wildman–Crippen LogP) is 13.3. The Labute approximate surface area is 346 Å². The maximum absolute atomic E-state index is 2.75. The van der Waals surface area contributed by atoms with Gasteiger partial charge in [-0.2, -0.15) is 0 Å². The van der Waals surface area contributed by atoms with Crippen molar-refractivity contribution < 1.29 is 0 Å². The molecule has 11 rings (SSSR count). The van der Waals surface area contributed by atoms with Gasteiger partial charge in [0, 0.05) is 38.8 Å². The summed E-state index contributed by atoms with van der Waals surface area (Å²) in [4.78, 5) is 2.75. The molecule has 0 radical (unpaired) electrons. The van der Waals surface area contributed by atoms with Gasteiger partial charge in [0.15, 0.2) is 0 Å². The summed E-state index contributed by atoms with van der Waals surface area (Å²) in [6.07, 6.45) is 2.38. The average molecular weight is 757 g/mol. The number of hydrogen-bond acceptors (Lipinski definition) is 1. The Morgan fingerprint density at radius 1 is 0.552 bits per heavy atom. The number of benzene rings is 6. The van der Waals surface area contributed by atoms with E-state index in [0.29, 0.717) is 0 Å². The summed E-state index contributed by atoms with van der Waals surface area (Å²) in [5, 5.41) is 2.75. The minimum atomic E-state index is -0.0698. The van der Waals surface area contributed by atoms with Crippen molar-refractivity contribution in [2.75, 3.05) is 4.81 Å². The van der Waals surface area contributed by atoms with Crippen molar-refractivity contribution >= 4 is 51.0 Å². The lowest BCUT2D eigenvalue weighted by molar-refractivity contribution is 0.332. The van der Waals surface area contributed by atoms with Crippen LogP contribution in [0.15, 0.2) is 103 Å². The Kier molecular flexibility index (Phi) is 6.95. The van der Waals surface area contributed by atoms with E-state index in [4.69, 9.17) is 0 Å². The van der Waals surface area contributed by atoms with Crippen molar-refractivity contribution in [1.29, 1.82) is 0 Å². The first-order valence-electron chi connectivity index (χ1n) is 21.8. The molecular formula is C55H57BN2. The molecule has 0 unspecified atom stereocenters. The summed E-state index contributed by atoms with van der Waals surface area (Å²) in [5.74, 6) is 0. The van der Waals surface area contributed by atoms with Gasteiger partial charge in [0.25, 0.3) is 0 Å². The predicted molar refractivity (Wildman–Crippen MR) is 250 cm³/mol. The van der Waals surface area contributed by atoms with Crippen molar-refractivity contribution in [2.24, 2.45) is 0 Å². The maximum atomic E-state index is 2.75. The highest BCUT2D eigenvalue weighted by Gasteiger charge is 2.47. The van der Waals surface area contributed by atoms with E-state index in [2.05, 4.69) is 196 Å². The molecule has 0 saturated carbocycles. The summed E-state index contributed by atoms with van der Waals surface area (Å²) < 4.78 is 2.66. The Hall–Kier alpha value is -5.02. The van der Waals surface area contributed by atoms with E-state index >= 15 is 0 Å². The van der Waals surface area contributed by atoms with Gasteiger partial charge in [0.1, 0.15) is 0 Å². The van der Waals surface area contributed by atoms with E-state index in [1.54, 1.807) is 0 Å². The van der Waals surface area contributed by atoms with Crippen LogP contribution in [0.5, 0.6) is 0 Å². The van der Waals surface area contributed by atoms with E-state index < -0.39 is 0 Å². The molecule has 0 bridgehead atoms. The van der Waals surface area contributed by atoms with Crippen LogP contribution in [-0.2, 0) is 27.1 Å². The van der Waals surface area contributed by atoms with Crippen LogP contribution in [0.25, 0.3) is 49.7 Å². The number of anilines is 2. The second-order valence-electron chi connectivity index (χ2n) is 22.1. The third-order valence-electron chi connectivity index (χ3n) is 15.2. The zero-order valence-corrected chi connectivity index (χ0v) is 36.7. The van der Waals surface area contributed by atoms with E-state index in [-0.39, 0.29) is 33.9 Å². The van der Waals surface area contributed by atoms with Crippen LogP contribution >= 0.6 is 0 Å². The molecule has 3 heterocycles. The lowest BCUT2D eigenvalue weighted by Crippen LogP contribution is -2.61. The van der Waals surface area contributed by atoms with Gasteiger partial charge in [0.2, 0.25) is 0 Å². The van der Waals surface area contributed by atoms with Crippen LogP contribution in [0.3, 0.4) is 0 Å². The van der Waals surface area contributed by atoms with Gasteiger partial charge in [-0.15, -0.1) is 0 Å². The van der Waals surface area contributed by atoms with E-state index in [1.165, 1.54) is 118 Å². The summed E-state index contributed by atoms with van der Waals surface area (Å²) in [7, 11) is 0. The van der Waals surface area contributed by atoms with Gasteiger partial charge in [-0.05, 0) is 132 Å². The molecule has 4 aliphatic rings. The minimum absolute atomic E-state index is 0.000537. The molecular weight excluding hydrogens is 699 g/mol. The molecule has 2 aliphatic heterocycles. The summed E-state index contributed by atoms with van der Waals surface area (Å²) in [5.41, 5.74) is 23.7. The van der Waals surface area contributed by atoms with Gasteiger partial charge in [-0.1, -0.05) is 150 Å². The molecule has 6 aromatic carbocycles. The van der Waals surface area contributed by atoms with Crippen molar-refractivity contribution in [1.82, 2.24) is 4.57 Å². The lowest BCUT2D eigenvalue weighted by atomic mass is 9.43. The molecule has 58 heavy (non-hydrogen) atoms. The van der Waals surface area contributed by atoms with Crippen molar-refractivity contribution in [3.63, 3.8) is 0 Å². The highest BCUT2D eigenvalue weighted by molar-refractivity contribution is 6.93. The average Bonchev–Trinajstić information content (AvgIpc) is 3.64. The molecule has 0 N–H and O–H groups in total. The lowest BCUT2D eigenvalue weighted by Gasteiger charge is -2.46. The summed E-state index contributed by atoms with van der Waals surface area (Å²) >= 11 is 0. The van der Waals surface area contributed by atoms with Gasteiger partial charge < -0.3 is 9.38 Å². The Morgan fingerprint density at radius 3 is 1.90 bits per heavy atom. The molecule has 2 nitrogen and oxygen atoms in total. The number of nitrogens with zero attached hydrogens (tertiary/aromatic N) is 2. The Morgan fingerprint density at radius 2 is 1.21 bits per heavy atom. The van der Waals surface area contributed by atoms with Crippen LogP contribution in [0.2, 0.25) is 0 Å². The van der Waals surface area contributed by atoms with Gasteiger partial charge >= 0.3 is 6.85 Å². The van der Waals surface area contributed by atoms with E-state index in [0.717, 1.165) is 0 Å². The van der Waals surface area contributed by atoms with Crippen LogP contribution in [-0.4, -0.2) is 11.4 Å². The molecule has 2 aliphatic carbocycles. The highest BCUT2D eigenvalue weighted by Crippen LogP contribution is 2.56. The van der Waals surface area contributed by atoms with Gasteiger partial charge in [-0.25, -0.2) is 0 Å². The molecule has 290 valence electrons. The molecule has 0 amide bonds. The molecule has 1 aromatic heterocycles.